The van der Waals surface area contributed by atoms with Crippen LogP contribution in [0.5, 0.6) is 0 Å². The Morgan fingerprint density at radius 1 is 0.944 bits per heavy atom. The predicted octanol–water partition coefficient (Wildman–Crippen LogP) is -0.196. The average Bonchev–Trinajstić information content (AvgIpc) is 2.83. The Balaban J connectivity index is 5.41. The summed E-state index contributed by atoms with van der Waals surface area (Å²) in [5, 5.41) is 13.9. The largest absolute Gasteiger partial charge is 0.481 e. The third-order valence-electron chi connectivity index (χ3n) is 5.00. The number of nitrogens with two attached hydrogens (primary N) is 1. The lowest BCUT2D eigenvalue weighted by Crippen LogP contribution is -2.49. The number of carbonyl (C=O) groups is 5. The van der Waals surface area contributed by atoms with E-state index in [9.17, 15) is 24.0 Å². The number of carboxylic acid groups (broad SMARTS) is 1. The maximum Gasteiger partial charge on any atom is 0.303 e. The molecule has 3 atom stereocenters. The number of ether oxygens (including phenoxy) is 2. The van der Waals surface area contributed by atoms with Crippen LogP contribution in [0.2, 0.25) is 0 Å². The van der Waals surface area contributed by atoms with E-state index in [2.05, 4.69) is 22.5 Å². The highest BCUT2D eigenvalue weighted by Crippen LogP contribution is 2.11. The smallest absolute Gasteiger partial charge is 0.303 e. The van der Waals surface area contributed by atoms with E-state index in [-0.39, 0.29) is 52.2 Å². The second-order valence-electron chi connectivity index (χ2n) is 8.06. The summed E-state index contributed by atoms with van der Waals surface area (Å²) in [6, 6.07) is -2.08. The highest BCUT2D eigenvalue weighted by atomic mass is 16.5. The maximum atomic E-state index is 13.0. The van der Waals surface area contributed by atoms with Gasteiger partial charge in [-0.2, -0.15) is 0 Å². The molecule has 36 heavy (non-hydrogen) atoms. The van der Waals surface area contributed by atoms with Gasteiger partial charge in [0.2, 0.25) is 11.8 Å². The number of nitrogens with one attached hydrogen (secondary N) is 2. The molecular weight excluding hydrogens is 470 g/mol. The minimum absolute atomic E-state index is 0.0964. The van der Waals surface area contributed by atoms with Gasteiger partial charge >= 0.3 is 5.97 Å². The fourth-order valence-corrected chi connectivity index (χ4v) is 2.99. The molecule has 0 spiro atoms. The van der Waals surface area contributed by atoms with E-state index in [1.807, 2.05) is 0 Å². The van der Waals surface area contributed by atoms with E-state index in [1.54, 1.807) is 0 Å². The quantitative estimate of drug-likeness (QED) is 0.121. The first-order valence-electron chi connectivity index (χ1n) is 11.7. The molecule has 0 aromatic rings. The van der Waals surface area contributed by atoms with Crippen molar-refractivity contribution in [3.8, 4) is 24.7 Å². The number of hydrogen-bond acceptors (Lipinski definition) is 8. The number of unbranched alkanes of at least 4 members (excludes halogenated alkanes) is 2. The third-order valence-corrected chi connectivity index (χ3v) is 5.00. The van der Waals surface area contributed by atoms with Crippen molar-refractivity contribution in [2.24, 2.45) is 11.7 Å². The van der Waals surface area contributed by atoms with Crippen molar-refractivity contribution in [2.45, 2.75) is 64.0 Å². The molecule has 200 valence electrons. The molecule has 0 radical (unpaired) electrons. The number of Topliss-reactive ketones (excluding diaryl/α,β-unsaturated/α-hetero) is 2. The number of carboxylic acids is 1. The van der Waals surface area contributed by atoms with Crippen LogP contribution in [0.4, 0.5) is 0 Å². The Bertz CT molecular complexity index is 815. The Morgan fingerprint density at radius 2 is 1.53 bits per heavy atom. The molecule has 0 unspecified atom stereocenters. The van der Waals surface area contributed by atoms with Crippen molar-refractivity contribution in [1.29, 1.82) is 0 Å². The van der Waals surface area contributed by atoms with Gasteiger partial charge in [0.1, 0.15) is 6.04 Å². The van der Waals surface area contributed by atoms with Crippen LogP contribution in [0.1, 0.15) is 51.9 Å². The Morgan fingerprint density at radius 3 is 2.03 bits per heavy atom. The van der Waals surface area contributed by atoms with E-state index in [0.29, 0.717) is 25.7 Å². The molecule has 0 rings (SSSR count). The standard InChI is InChI=1S/C25H37N3O8/c1-4-6-8-12-35-16-19(25(34)28-20(18(3)29)10-11-24(32)33)14-22(30)21(27-23(31)15-26)17-36-13-9-7-5-2/h1-2,19-21H,6-17,26H2,3H3,(H,27,31)(H,28,34)(H,32,33)/t19-,20+,21+/m1/s1. The third kappa shape index (κ3) is 15.6. The number of aliphatic carboxylic acids is 1. The van der Waals surface area contributed by atoms with Crippen molar-refractivity contribution in [1.82, 2.24) is 10.6 Å². The summed E-state index contributed by atoms with van der Waals surface area (Å²) < 4.78 is 11.0. The van der Waals surface area contributed by atoms with Crippen molar-refractivity contribution >= 4 is 29.4 Å². The molecule has 5 N–H and O–H groups in total. The van der Waals surface area contributed by atoms with E-state index < -0.39 is 47.4 Å². The van der Waals surface area contributed by atoms with E-state index in [4.69, 9.17) is 33.2 Å². The molecule has 0 aliphatic rings. The minimum Gasteiger partial charge on any atom is -0.481 e. The lowest BCUT2D eigenvalue weighted by Gasteiger charge is -2.23. The number of ketones is 2. The number of amides is 2. The zero-order valence-corrected chi connectivity index (χ0v) is 20.8. The van der Waals surface area contributed by atoms with Gasteiger partial charge in [-0.25, -0.2) is 0 Å². The fourth-order valence-electron chi connectivity index (χ4n) is 2.99. The lowest BCUT2D eigenvalue weighted by atomic mass is 9.97. The zero-order chi connectivity index (χ0) is 27.3. The molecule has 0 bridgehead atoms. The second kappa shape index (κ2) is 20.0. The molecular formula is C25H37N3O8. The number of terminal acetylenes is 2. The fraction of sp³-hybridized carbons (Fsp3) is 0.640. The van der Waals surface area contributed by atoms with Crippen LogP contribution in [0, 0.1) is 30.6 Å². The lowest BCUT2D eigenvalue weighted by molar-refractivity contribution is -0.138. The van der Waals surface area contributed by atoms with Crippen molar-refractivity contribution in [3.05, 3.63) is 0 Å². The van der Waals surface area contributed by atoms with E-state index in [0.717, 1.165) is 0 Å². The molecule has 0 heterocycles. The molecule has 0 saturated heterocycles. The zero-order valence-electron chi connectivity index (χ0n) is 20.8. The molecule has 0 aromatic heterocycles. The Kier molecular flexibility index (Phi) is 18.2. The summed E-state index contributed by atoms with van der Waals surface area (Å²) in [6.45, 7) is 1.14. The van der Waals surface area contributed by atoms with Crippen LogP contribution in [0.25, 0.3) is 0 Å². The van der Waals surface area contributed by atoms with Crippen LogP contribution in [-0.4, -0.2) is 79.5 Å². The van der Waals surface area contributed by atoms with Gasteiger partial charge in [-0.3, -0.25) is 24.0 Å². The van der Waals surface area contributed by atoms with Crippen LogP contribution >= 0.6 is 0 Å². The molecule has 0 saturated carbocycles. The summed E-state index contributed by atoms with van der Waals surface area (Å²) >= 11 is 0. The topological polar surface area (TPSA) is 174 Å². The highest BCUT2D eigenvalue weighted by Gasteiger charge is 2.30. The summed E-state index contributed by atoms with van der Waals surface area (Å²) in [6.07, 6.45) is 11.8. The number of hydrogen-bond donors (Lipinski definition) is 4. The molecule has 0 fully saturated rings. The summed E-state index contributed by atoms with van der Waals surface area (Å²) in [5.41, 5.74) is 5.34. The van der Waals surface area contributed by atoms with Crippen LogP contribution in [-0.2, 0) is 33.4 Å². The molecule has 0 aromatic carbocycles. The minimum atomic E-state index is -1.11. The Hall–Kier alpha value is -3.25. The molecule has 0 aliphatic heterocycles. The summed E-state index contributed by atoms with van der Waals surface area (Å²) in [5.74, 6) is 0.689. The van der Waals surface area contributed by atoms with E-state index in [1.165, 1.54) is 6.92 Å². The molecule has 0 aliphatic carbocycles. The number of carbonyl (C=O) groups excluding carboxylic acids is 4. The van der Waals surface area contributed by atoms with Crippen LogP contribution in [0.3, 0.4) is 0 Å². The first-order chi connectivity index (χ1) is 17.2. The summed E-state index contributed by atoms with van der Waals surface area (Å²) in [4.78, 5) is 60.6. The normalized spacial score (nSPS) is 12.9. The number of rotatable bonds is 21. The van der Waals surface area contributed by atoms with E-state index >= 15 is 0 Å². The molecule has 11 heteroatoms. The molecule has 2 amide bonds. The summed E-state index contributed by atoms with van der Waals surface area (Å²) in [7, 11) is 0. The highest BCUT2D eigenvalue weighted by molar-refractivity contribution is 5.94. The van der Waals surface area contributed by atoms with Gasteiger partial charge in [0.25, 0.3) is 0 Å². The average molecular weight is 508 g/mol. The first kappa shape index (κ1) is 32.8. The van der Waals surface area contributed by atoms with Gasteiger partial charge in [-0.15, -0.1) is 24.7 Å². The Labute approximate surface area is 212 Å². The van der Waals surface area contributed by atoms with Gasteiger partial charge in [-0.1, -0.05) is 0 Å². The van der Waals surface area contributed by atoms with Gasteiger partial charge in [0.15, 0.2) is 11.6 Å². The first-order valence-corrected chi connectivity index (χ1v) is 11.7. The van der Waals surface area contributed by atoms with Gasteiger partial charge in [0.05, 0.1) is 31.7 Å². The van der Waals surface area contributed by atoms with Gasteiger partial charge in [0, 0.05) is 38.9 Å². The van der Waals surface area contributed by atoms with Gasteiger partial charge < -0.3 is 30.9 Å². The molecule has 11 nitrogen and oxygen atoms in total. The SMILES string of the molecule is C#CCCCOC[C@@H](CC(=O)[C@H](COCCCC#C)NC(=O)CN)C(=O)N[C@@H](CCC(=O)O)C(C)=O. The van der Waals surface area contributed by atoms with Crippen LogP contribution in [0.15, 0.2) is 0 Å². The van der Waals surface area contributed by atoms with Crippen molar-refractivity contribution in [2.75, 3.05) is 33.0 Å². The maximum absolute atomic E-state index is 13.0. The van der Waals surface area contributed by atoms with Crippen molar-refractivity contribution < 1.29 is 38.6 Å². The predicted molar refractivity (Wildman–Crippen MR) is 131 cm³/mol. The van der Waals surface area contributed by atoms with Crippen LogP contribution < -0.4 is 16.4 Å². The van der Waals surface area contributed by atoms with Gasteiger partial charge in [-0.05, 0) is 26.2 Å². The van der Waals surface area contributed by atoms with Crippen molar-refractivity contribution in [3.63, 3.8) is 0 Å². The monoisotopic (exact) mass is 507 g/mol. The second-order valence-corrected chi connectivity index (χ2v) is 8.06.